The van der Waals surface area contributed by atoms with Gasteiger partial charge in [0.15, 0.2) is 0 Å². The second-order valence-electron chi connectivity index (χ2n) is 5.72. The fraction of sp³-hybridized carbons (Fsp3) is 1.00. The SMILES string of the molecule is COC1(C)CC(NC(C)CS(C)=O)C1(C)C. The monoisotopic (exact) mass is 247 g/mol. The molecule has 0 radical (unpaired) electrons. The molecule has 0 spiro atoms. The number of hydrogen-bond donors (Lipinski definition) is 1. The van der Waals surface area contributed by atoms with Crippen LogP contribution in [0, 0.1) is 5.41 Å². The highest BCUT2D eigenvalue weighted by molar-refractivity contribution is 7.84. The number of hydrogen-bond acceptors (Lipinski definition) is 3. The Kier molecular flexibility index (Phi) is 4.19. The molecule has 4 atom stereocenters. The Morgan fingerprint density at radius 1 is 1.50 bits per heavy atom. The highest BCUT2D eigenvalue weighted by Gasteiger charge is 2.57. The molecule has 1 fully saturated rings. The Balaban J connectivity index is 2.51. The molecule has 1 aliphatic rings. The molecule has 1 saturated carbocycles. The van der Waals surface area contributed by atoms with Crippen molar-refractivity contribution in [3.8, 4) is 0 Å². The second-order valence-corrected chi connectivity index (χ2v) is 7.20. The fourth-order valence-electron chi connectivity index (χ4n) is 2.50. The average molecular weight is 247 g/mol. The van der Waals surface area contributed by atoms with Gasteiger partial charge in [-0.2, -0.15) is 0 Å². The van der Waals surface area contributed by atoms with Crippen LogP contribution in [-0.2, 0) is 15.5 Å². The van der Waals surface area contributed by atoms with Crippen LogP contribution >= 0.6 is 0 Å². The lowest BCUT2D eigenvalue weighted by atomic mass is 9.55. The summed E-state index contributed by atoms with van der Waals surface area (Å²) in [6.07, 6.45) is 2.78. The zero-order valence-corrected chi connectivity index (χ0v) is 12.1. The van der Waals surface area contributed by atoms with Crippen molar-refractivity contribution >= 4 is 10.8 Å². The van der Waals surface area contributed by atoms with E-state index in [0.717, 1.165) is 12.2 Å². The van der Waals surface area contributed by atoms with Crippen LogP contribution in [0.15, 0.2) is 0 Å². The minimum Gasteiger partial charge on any atom is -0.378 e. The summed E-state index contributed by atoms with van der Waals surface area (Å²) < 4.78 is 16.7. The lowest BCUT2D eigenvalue weighted by Gasteiger charge is -2.60. The lowest BCUT2D eigenvalue weighted by molar-refractivity contribution is -0.181. The van der Waals surface area contributed by atoms with E-state index >= 15 is 0 Å². The van der Waals surface area contributed by atoms with Crippen molar-refractivity contribution in [2.24, 2.45) is 5.41 Å². The van der Waals surface area contributed by atoms with Crippen LogP contribution < -0.4 is 5.32 Å². The minimum atomic E-state index is -0.730. The van der Waals surface area contributed by atoms with Crippen molar-refractivity contribution in [3.63, 3.8) is 0 Å². The molecule has 1 N–H and O–H groups in total. The first kappa shape index (κ1) is 14.1. The Bertz CT molecular complexity index is 280. The smallest absolute Gasteiger partial charge is 0.0731 e. The van der Waals surface area contributed by atoms with Gasteiger partial charge in [-0.05, 0) is 20.3 Å². The predicted octanol–water partition coefficient (Wildman–Crippen LogP) is 1.55. The van der Waals surface area contributed by atoms with Gasteiger partial charge in [0, 0.05) is 47.4 Å². The van der Waals surface area contributed by atoms with E-state index in [0.29, 0.717) is 12.1 Å². The average Bonchev–Trinajstić information content (AvgIpc) is 2.15. The quantitative estimate of drug-likeness (QED) is 0.801. The maximum absolute atomic E-state index is 11.1. The summed E-state index contributed by atoms with van der Waals surface area (Å²) in [5.41, 5.74) is 0.0982. The van der Waals surface area contributed by atoms with Gasteiger partial charge in [-0.1, -0.05) is 13.8 Å². The Labute approximate surface area is 102 Å². The van der Waals surface area contributed by atoms with Crippen LogP contribution in [0.2, 0.25) is 0 Å². The lowest BCUT2D eigenvalue weighted by Crippen LogP contribution is -2.69. The maximum atomic E-state index is 11.1. The van der Waals surface area contributed by atoms with Gasteiger partial charge in [-0.3, -0.25) is 4.21 Å². The van der Waals surface area contributed by atoms with Crippen LogP contribution in [0.4, 0.5) is 0 Å². The van der Waals surface area contributed by atoms with Gasteiger partial charge < -0.3 is 10.1 Å². The molecule has 1 rings (SSSR count). The summed E-state index contributed by atoms with van der Waals surface area (Å²) in [6, 6.07) is 0.757. The van der Waals surface area contributed by atoms with Gasteiger partial charge >= 0.3 is 0 Å². The normalized spacial score (nSPS) is 36.5. The van der Waals surface area contributed by atoms with Crippen molar-refractivity contribution < 1.29 is 8.95 Å². The van der Waals surface area contributed by atoms with E-state index in [1.165, 1.54) is 0 Å². The molecule has 16 heavy (non-hydrogen) atoms. The largest absolute Gasteiger partial charge is 0.378 e. The highest BCUT2D eigenvalue weighted by atomic mass is 32.2. The van der Waals surface area contributed by atoms with E-state index in [1.54, 1.807) is 13.4 Å². The van der Waals surface area contributed by atoms with E-state index in [-0.39, 0.29) is 11.0 Å². The Morgan fingerprint density at radius 3 is 2.44 bits per heavy atom. The molecule has 0 aromatic rings. The van der Waals surface area contributed by atoms with Crippen LogP contribution in [0.5, 0.6) is 0 Å². The molecule has 0 heterocycles. The van der Waals surface area contributed by atoms with Crippen LogP contribution in [-0.4, -0.2) is 41.0 Å². The van der Waals surface area contributed by atoms with Gasteiger partial charge in [0.1, 0.15) is 0 Å². The maximum Gasteiger partial charge on any atom is 0.0731 e. The first-order valence-electron chi connectivity index (χ1n) is 5.84. The number of rotatable bonds is 5. The van der Waals surface area contributed by atoms with E-state index in [9.17, 15) is 4.21 Å². The van der Waals surface area contributed by atoms with Gasteiger partial charge in [-0.15, -0.1) is 0 Å². The highest BCUT2D eigenvalue weighted by Crippen LogP contribution is 2.51. The zero-order chi connectivity index (χ0) is 12.6. The third kappa shape index (κ3) is 2.49. The van der Waals surface area contributed by atoms with E-state index in [1.807, 2.05) is 0 Å². The number of ether oxygens (including phenoxy) is 1. The molecule has 4 unspecified atom stereocenters. The van der Waals surface area contributed by atoms with Crippen molar-refractivity contribution in [1.82, 2.24) is 5.32 Å². The molecule has 3 nitrogen and oxygen atoms in total. The van der Waals surface area contributed by atoms with Gasteiger partial charge in [-0.25, -0.2) is 0 Å². The molecular formula is C12H25NO2S. The van der Waals surface area contributed by atoms with Crippen molar-refractivity contribution in [2.45, 2.75) is 51.8 Å². The fourth-order valence-corrected chi connectivity index (χ4v) is 3.30. The molecule has 4 heteroatoms. The number of nitrogens with one attached hydrogen (secondary N) is 1. The van der Waals surface area contributed by atoms with Crippen molar-refractivity contribution in [2.75, 3.05) is 19.1 Å². The summed E-state index contributed by atoms with van der Waals surface area (Å²) in [4.78, 5) is 0. The Hall–Kier alpha value is 0.0700. The van der Waals surface area contributed by atoms with Gasteiger partial charge in [0.05, 0.1) is 5.60 Å². The van der Waals surface area contributed by atoms with Crippen LogP contribution in [0.3, 0.4) is 0 Å². The molecule has 96 valence electrons. The van der Waals surface area contributed by atoms with E-state index < -0.39 is 10.8 Å². The van der Waals surface area contributed by atoms with Crippen molar-refractivity contribution in [3.05, 3.63) is 0 Å². The van der Waals surface area contributed by atoms with Crippen molar-refractivity contribution in [1.29, 1.82) is 0 Å². The molecule has 0 aromatic carbocycles. The molecule has 0 amide bonds. The summed E-state index contributed by atoms with van der Waals surface area (Å²) in [5.74, 6) is 0.719. The molecule has 0 bridgehead atoms. The van der Waals surface area contributed by atoms with Crippen LogP contribution in [0.1, 0.15) is 34.1 Å². The third-order valence-corrected chi connectivity index (χ3v) is 5.22. The predicted molar refractivity (Wildman–Crippen MR) is 69.1 cm³/mol. The summed E-state index contributed by atoms with van der Waals surface area (Å²) >= 11 is 0. The number of methoxy groups -OCH3 is 1. The van der Waals surface area contributed by atoms with E-state index in [2.05, 4.69) is 33.0 Å². The summed E-state index contributed by atoms with van der Waals surface area (Å²) in [7, 11) is 1.05. The Morgan fingerprint density at radius 2 is 2.06 bits per heavy atom. The first-order valence-corrected chi connectivity index (χ1v) is 7.57. The molecule has 0 aliphatic heterocycles. The summed E-state index contributed by atoms with van der Waals surface area (Å²) in [5, 5.41) is 3.55. The molecular weight excluding hydrogens is 222 g/mol. The minimum absolute atomic E-state index is 0.0320. The zero-order valence-electron chi connectivity index (χ0n) is 11.3. The summed E-state index contributed by atoms with van der Waals surface area (Å²) in [6.45, 7) is 8.72. The first-order chi connectivity index (χ1) is 7.23. The van der Waals surface area contributed by atoms with Crippen LogP contribution in [0.25, 0.3) is 0 Å². The van der Waals surface area contributed by atoms with Gasteiger partial charge in [0.25, 0.3) is 0 Å². The third-order valence-electron chi connectivity index (χ3n) is 4.25. The molecule has 1 aliphatic carbocycles. The molecule has 0 saturated heterocycles. The standard InChI is InChI=1S/C12H25NO2S/c1-9(8-16(6)14)13-10-7-12(4,15-5)11(10,2)3/h9-10,13H,7-8H2,1-6H3. The van der Waals surface area contributed by atoms with Gasteiger partial charge in [0.2, 0.25) is 0 Å². The van der Waals surface area contributed by atoms with E-state index in [4.69, 9.17) is 4.74 Å². The second kappa shape index (κ2) is 4.75. The molecule has 0 aromatic heterocycles. The topological polar surface area (TPSA) is 38.3 Å².